The van der Waals surface area contributed by atoms with E-state index in [0.717, 1.165) is 5.56 Å². The van der Waals surface area contributed by atoms with Crippen LogP contribution >= 0.6 is 0 Å². The average molecular weight is 366 g/mol. The fourth-order valence-corrected chi connectivity index (χ4v) is 2.68. The number of halogens is 1. The van der Waals surface area contributed by atoms with Gasteiger partial charge in [-0.3, -0.25) is 9.78 Å². The largest absolute Gasteiger partial charge is 0.346 e. The van der Waals surface area contributed by atoms with Gasteiger partial charge in [-0.1, -0.05) is 0 Å². The van der Waals surface area contributed by atoms with Gasteiger partial charge in [0, 0.05) is 31.5 Å². The molecule has 0 unspecified atom stereocenters. The zero-order chi connectivity index (χ0) is 19.4. The van der Waals surface area contributed by atoms with Gasteiger partial charge in [0.25, 0.3) is 5.91 Å². The highest BCUT2D eigenvalue weighted by Crippen LogP contribution is 2.19. The maximum absolute atomic E-state index is 13.5. The normalized spacial score (nSPS) is 10.6. The van der Waals surface area contributed by atoms with E-state index in [-0.39, 0.29) is 17.4 Å². The number of aromatic amines is 1. The van der Waals surface area contributed by atoms with Gasteiger partial charge in [0.2, 0.25) is 0 Å². The molecule has 6 nitrogen and oxygen atoms in total. The van der Waals surface area contributed by atoms with E-state index in [1.165, 1.54) is 23.1 Å². The van der Waals surface area contributed by atoms with Crippen LogP contribution in [0.4, 0.5) is 4.39 Å². The summed E-state index contributed by atoms with van der Waals surface area (Å²) in [5, 5.41) is 0. The number of likely N-dealkylation sites (N-methyl/N-ethyl adjacent to an activating group) is 1. The predicted octanol–water partition coefficient (Wildman–Crippen LogP) is 2.59. The molecule has 0 aliphatic heterocycles. The maximum atomic E-state index is 13.5. The zero-order valence-corrected chi connectivity index (χ0v) is 15.1. The van der Waals surface area contributed by atoms with Crippen LogP contribution in [0, 0.1) is 12.7 Å². The number of amides is 1. The lowest BCUT2D eigenvalue weighted by Crippen LogP contribution is -2.31. The monoisotopic (exact) mass is 366 g/mol. The Kier molecular flexibility index (Phi) is 5.40. The molecule has 0 spiro atoms. The van der Waals surface area contributed by atoms with Crippen molar-refractivity contribution in [3.63, 3.8) is 0 Å². The summed E-state index contributed by atoms with van der Waals surface area (Å²) in [6.07, 6.45) is 4.08. The van der Waals surface area contributed by atoms with E-state index in [1.807, 2.05) is 12.1 Å². The number of aryl methyl sites for hydroxylation is 1. The average Bonchev–Trinajstić information content (AvgIpc) is 2.68. The van der Waals surface area contributed by atoms with Crippen molar-refractivity contribution in [3.8, 4) is 11.3 Å². The molecule has 1 amide bonds. The number of carbonyl (C=O) groups is 1. The van der Waals surface area contributed by atoms with E-state index in [0.29, 0.717) is 29.8 Å². The summed E-state index contributed by atoms with van der Waals surface area (Å²) in [7, 11) is 1.67. The molecule has 0 fully saturated rings. The van der Waals surface area contributed by atoms with Crippen LogP contribution in [0.25, 0.3) is 11.3 Å². The lowest BCUT2D eigenvalue weighted by Gasteiger charge is -2.17. The number of hydrogen-bond acceptors (Lipinski definition) is 4. The highest BCUT2D eigenvalue weighted by molar-refractivity contribution is 5.93. The first-order chi connectivity index (χ1) is 12.9. The van der Waals surface area contributed by atoms with Gasteiger partial charge in [-0.25, -0.2) is 9.18 Å². The standard InChI is InChI=1S/C20H19FN4O2/c1-13-11-15(3-4-16(13)21)17-12-18(24-20(27)23-17)19(26)25(2)10-7-14-5-8-22-9-6-14/h3-6,8-9,11-12H,7,10H2,1-2H3,(H,23,24,27). The Morgan fingerprint density at radius 2 is 1.93 bits per heavy atom. The summed E-state index contributed by atoms with van der Waals surface area (Å²) in [6.45, 7) is 2.11. The Hall–Kier alpha value is -3.35. The molecule has 0 atom stereocenters. The van der Waals surface area contributed by atoms with Gasteiger partial charge in [0.1, 0.15) is 11.5 Å². The van der Waals surface area contributed by atoms with Crippen molar-refractivity contribution in [3.05, 3.63) is 81.9 Å². The Labute approximate surface area is 155 Å². The van der Waals surface area contributed by atoms with E-state index in [1.54, 1.807) is 32.4 Å². The fourth-order valence-electron chi connectivity index (χ4n) is 2.68. The molecule has 1 N–H and O–H groups in total. The van der Waals surface area contributed by atoms with Crippen molar-refractivity contribution in [2.75, 3.05) is 13.6 Å². The zero-order valence-electron chi connectivity index (χ0n) is 15.1. The van der Waals surface area contributed by atoms with Gasteiger partial charge in [-0.2, -0.15) is 4.98 Å². The second-order valence-corrected chi connectivity index (χ2v) is 6.28. The van der Waals surface area contributed by atoms with E-state index >= 15 is 0 Å². The van der Waals surface area contributed by atoms with Crippen molar-refractivity contribution in [2.45, 2.75) is 13.3 Å². The van der Waals surface area contributed by atoms with E-state index in [9.17, 15) is 14.0 Å². The molecule has 0 aliphatic rings. The minimum absolute atomic E-state index is 0.143. The topological polar surface area (TPSA) is 79.0 Å². The number of pyridine rings is 1. The van der Waals surface area contributed by atoms with E-state index < -0.39 is 5.69 Å². The van der Waals surface area contributed by atoms with Gasteiger partial charge in [0.05, 0.1) is 5.69 Å². The third-order valence-corrected chi connectivity index (χ3v) is 4.26. The van der Waals surface area contributed by atoms with Gasteiger partial charge in [0.15, 0.2) is 0 Å². The van der Waals surface area contributed by atoms with Crippen molar-refractivity contribution in [1.82, 2.24) is 19.9 Å². The lowest BCUT2D eigenvalue weighted by molar-refractivity contribution is 0.0790. The van der Waals surface area contributed by atoms with Crippen LogP contribution in [-0.4, -0.2) is 39.4 Å². The van der Waals surface area contributed by atoms with Crippen LogP contribution in [0.2, 0.25) is 0 Å². The number of H-pyrrole nitrogens is 1. The third kappa shape index (κ3) is 4.44. The van der Waals surface area contributed by atoms with Gasteiger partial charge in [-0.05, 0) is 60.9 Å². The molecular weight excluding hydrogens is 347 g/mol. The SMILES string of the molecule is Cc1cc(-c2cc(C(=O)N(C)CCc3ccncc3)[nH]c(=O)n2)ccc1F. The van der Waals surface area contributed by atoms with Crippen LogP contribution in [0.1, 0.15) is 21.6 Å². The molecule has 0 bridgehead atoms. The van der Waals surface area contributed by atoms with Crippen molar-refractivity contribution < 1.29 is 9.18 Å². The first kappa shape index (κ1) is 18.4. The summed E-state index contributed by atoms with van der Waals surface area (Å²) >= 11 is 0. The molecule has 0 aliphatic carbocycles. The molecule has 2 aromatic heterocycles. The predicted molar refractivity (Wildman–Crippen MR) is 99.9 cm³/mol. The maximum Gasteiger partial charge on any atom is 0.346 e. The highest BCUT2D eigenvalue weighted by atomic mass is 19.1. The van der Waals surface area contributed by atoms with Crippen LogP contribution in [0.5, 0.6) is 0 Å². The van der Waals surface area contributed by atoms with Crippen LogP contribution in [-0.2, 0) is 6.42 Å². The lowest BCUT2D eigenvalue weighted by atomic mass is 10.1. The third-order valence-electron chi connectivity index (χ3n) is 4.26. The molecule has 3 rings (SSSR count). The number of aromatic nitrogens is 3. The van der Waals surface area contributed by atoms with E-state index in [4.69, 9.17) is 0 Å². The summed E-state index contributed by atoms with van der Waals surface area (Å²) in [5.74, 6) is -0.653. The number of rotatable bonds is 5. The molecular formula is C20H19FN4O2. The summed E-state index contributed by atoms with van der Waals surface area (Å²) in [4.78, 5) is 36.5. The molecule has 0 radical (unpaired) electrons. The van der Waals surface area contributed by atoms with Crippen molar-refractivity contribution in [1.29, 1.82) is 0 Å². The van der Waals surface area contributed by atoms with Gasteiger partial charge in [-0.15, -0.1) is 0 Å². The molecule has 0 saturated carbocycles. The number of nitrogens with one attached hydrogen (secondary N) is 1. The quantitative estimate of drug-likeness (QED) is 0.753. The Bertz CT molecular complexity index is 1020. The summed E-state index contributed by atoms with van der Waals surface area (Å²) in [6, 6.07) is 9.74. The molecule has 3 aromatic rings. The molecule has 7 heteroatoms. The summed E-state index contributed by atoms with van der Waals surface area (Å²) < 4.78 is 13.5. The second kappa shape index (κ2) is 7.90. The molecule has 138 valence electrons. The number of nitrogens with zero attached hydrogens (tertiary/aromatic N) is 3. The van der Waals surface area contributed by atoms with Gasteiger partial charge < -0.3 is 9.88 Å². The van der Waals surface area contributed by atoms with E-state index in [2.05, 4.69) is 15.0 Å². The molecule has 1 aromatic carbocycles. The molecule has 2 heterocycles. The van der Waals surface area contributed by atoms with Crippen molar-refractivity contribution >= 4 is 5.91 Å². The Morgan fingerprint density at radius 3 is 2.63 bits per heavy atom. The minimum Gasteiger partial charge on any atom is -0.340 e. The van der Waals surface area contributed by atoms with Crippen molar-refractivity contribution in [2.24, 2.45) is 0 Å². The fraction of sp³-hybridized carbons (Fsp3) is 0.200. The van der Waals surface area contributed by atoms with Gasteiger partial charge >= 0.3 is 5.69 Å². The van der Waals surface area contributed by atoms with Crippen LogP contribution in [0.15, 0.2) is 53.6 Å². The number of hydrogen-bond donors (Lipinski definition) is 1. The molecule has 27 heavy (non-hydrogen) atoms. The first-order valence-corrected chi connectivity index (χ1v) is 8.46. The first-order valence-electron chi connectivity index (χ1n) is 8.46. The summed E-state index contributed by atoms with van der Waals surface area (Å²) in [5.41, 5.74) is 1.93. The Morgan fingerprint density at radius 1 is 1.19 bits per heavy atom. The molecule has 0 saturated heterocycles. The Balaban J connectivity index is 1.81. The number of benzene rings is 1. The number of carbonyl (C=O) groups excluding carboxylic acids is 1. The minimum atomic E-state index is -0.625. The van der Waals surface area contributed by atoms with Crippen LogP contribution < -0.4 is 5.69 Å². The van der Waals surface area contributed by atoms with Crippen LogP contribution in [0.3, 0.4) is 0 Å². The highest BCUT2D eigenvalue weighted by Gasteiger charge is 2.15. The second-order valence-electron chi connectivity index (χ2n) is 6.28. The smallest absolute Gasteiger partial charge is 0.340 e.